The van der Waals surface area contributed by atoms with Gasteiger partial charge in [0.2, 0.25) is 11.9 Å². The Morgan fingerprint density at radius 3 is 2.14 bits per heavy atom. The van der Waals surface area contributed by atoms with E-state index in [1.807, 2.05) is 11.8 Å². The number of hydrogen-bond acceptors (Lipinski definition) is 6. The van der Waals surface area contributed by atoms with E-state index in [2.05, 4.69) is 56.9 Å². The topological polar surface area (TPSA) is 55.8 Å². The minimum Gasteiger partial charge on any atom is -0.368 e. The molecular formula is C22H30N6O. The average molecular weight is 395 g/mol. The van der Waals surface area contributed by atoms with Crippen LogP contribution in [-0.4, -0.2) is 73.1 Å². The van der Waals surface area contributed by atoms with Crippen molar-refractivity contribution in [2.45, 2.75) is 20.8 Å². The van der Waals surface area contributed by atoms with Crippen LogP contribution in [0.1, 0.15) is 18.2 Å². The van der Waals surface area contributed by atoms with Crippen molar-refractivity contribution < 1.29 is 4.79 Å². The first kappa shape index (κ1) is 19.5. The zero-order valence-electron chi connectivity index (χ0n) is 17.6. The minimum absolute atomic E-state index is 0.141. The van der Waals surface area contributed by atoms with Gasteiger partial charge in [-0.25, -0.2) is 4.98 Å². The van der Waals surface area contributed by atoms with Crippen LogP contribution in [0.3, 0.4) is 0 Å². The first-order valence-corrected chi connectivity index (χ1v) is 10.4. The molecule has 3 heterocycles. The molecule has 0 radical (unpaired) electrons. The van der Waals surface area contributed by atoms with Crippen LogP contribution >= 0.6 is 0 Å². The Morgan fingerprint density at radius 1 is 0.828 bits per heavy atom. The molecule has 2 saturated heterocycles. The Balaban J connectivity index is 1.43. The summed E-state index contributed by atoms with van der Waals surface area (Å²) in [4.78, 5) is 30.0. The molecular weight excluding hydrogens is 364 g/mol. The lowest BCUT2D eigenvalue weighted by atomic mass is 10.2. The van der Waals surface area contributed by atoms with Crippen LogP contribution < -0.4 is 14.7 Å². The van der Waals surface area contributed by atoms with Crippen LogP contribution in [0.25, 0.3) is 0 Å². The van der Waals surface area contributed by atoms with Crippen molar-refractivity contribution in [2.24, 2.45) is 0 Å². The lowest BCUT2D eigenvalue weighted by Gasteiger charge is -2.38. The number of piperazine rings is 2. The second kappa shape index (κ2) is 8.27. The molecule has 0 spiro atoms. The van der Waals surface area contributed by atoms with E-state index < -0.39 is 0 Å². The third-order valence-corrected chi connectivity index (χ3v) is 5.81. The van der Waals surface area contributed by atoms with E-state index in [-0.39, 0.29) is 5.91 Å². The Bertz CT molecular complexity index is 869. The zero-order chi connectivity index (χ0) is 20.4. The molecule has 2 fully saturated rings. The van der Waals surface area contributed by atoms with Crippen LogP contribution in [0.5, 0.6) is 0 Å². The molecule has 0 N–H and O–H groups in total. The highest BCUT2D eigenvalue weighted by Crippen LogP contribution is 2.23. The molecule has 0 saturated carbocycles. The first-order chi connectivity index (χ1) is 14.0. The van der Waals surface area contributed by atoms with Gasteiger partial charge >= 0.3 is 0 Å². The van der Waals surface area contributed by atoms with E-state index >= 15 is 0 Å². The van der Waals surface area contributed by atoms with Crippen molar-refractivity contribution in [1.29, 1.82) is 0 Å². The highest BCUT2D eigenvalue weighted by molar-refractivity contribution is 5.73. The SMILES string of the molecule is CC(=O)N1CCN(c2nc(C)cc(N3CCN(c4cccc(C)c4)CC3)n2)CC1. The maximum Gasteiger partial charge on any atom is 0.227 e. The summed E-state index contributed by atoms with van der Waals surface area (Å²) in [5, 5.41) is 0. The fourth-order valence-electron chi connectivity index (χ4n) is 4.08. The van der Waals surface area contributed by atoms with Crippen LogP contribution in [0, 0.1) is 13.8 Å². The van der Waals surface area contributed by atoms with Gasteiger partial charge in [-0.2, -0.15) is 4.98 Å². The van der Waals surface area contributed by atoms with Gasteiger partial charge in [-0.3, -0.25) is 4.79 Å². The van der Waals surface area contributed by atoms with E-state index in [4.69, 9.17) is 4.98 Å². The third-order valence-electron chi connectivity index (χ3n) is 5.81. The van der Waals surface area contributed by atoms with Gasteiger partial charge in [-0.15, -0.1) is 0 Å². The summed E-state index contributed by atoms with van der Waals surface area (Å²) in [7, 11) is 0. The Labute approximate surface area is 172 Å². The standard InChI is InChI=1S/C22H30N6O/c1-17-5-4-6-20(15-17)26-9-11-27(12-10-26)21-16-18(2)23-22(24-21)28-13-7-25(8-14-28)19(3)29/h4-6,15-16H,7-14H2,1-3H3. The predicted octanol–water partition coefficient (Wildman–Crippen LogP) is 2.09. The number of carbonyl (C=O) groups is 1. The van der Waals surface area contributed by atoms with E-state index in [1.165, 1.54) is 11.3 Å². The lowest BCUT2D eigenvalue weighted by molar-refractivity contribution is -0.129. The zero-order valence-corrected chi connectivity index (χ0v) is 17.6. The lowest BCUT2D eigenvalue weighted by Crippen LogP contribution is -2.49. The Hall–Kier alpha value is -2.83. The fraction of sp³-hybridized carbons (Fsp3) is 0.500. The van der Waals surface area contributed by atoms with Crippen LogP contribution in [0.4, 0.5) is 17.5 Å². The molecule has 154 valence electrons. The third kappa shape index (κ3) is 4.44. The van der Waals surface area contributed by atoms with E-state index in [9.17, 15) is 4.79 Å². The molecule has 1 amide bonds. The van der Waals surface area contributed by atoms with Crippen LogP contribution in [0.15, 0.2) is 30.3 Å². The molecule has 7 nitrogen and oxygen atoms in total. The molecule has 0 aliphatic carbocycles. The van der Waals surface area contributed by atoms with Crippen LogP contribution in [-0.2, 0) is 4.79 Å². The quantitative estimate of drug-likeness (QED) is 0.795. The summed E-state index contributed by atoms with van der Waals surface area (Å²) in [5.74, 6) is 1.93. The minimum atomic E-state index is 0.141. The molecule has 4 rings (SSSR count). The molecule has 7 heteroatoms. The number of aryl methyl sites for hydroxylation is 2. The summed E-state index contributed by atoms with van der Waals surface area (Å²) in [6.45, 7) is 12.7. The van der Waals surface area contributed by atoms with Gasteiger partial charge in [0.1, 0.15) is 5.82 Å². The number of anilines is 3. The van der Waals surface area contributed by atoms with Gasteiger partial charge in [0.15, 0.2) is 0 Å². The molecule has 2 aromatic rings. The summed E-state index contributed by atoms with van der Waals surface area (Å²) < 4.78 is 0. The van der Waals surface area contributed by atoms with Gasteiger partial charge < -0.3 is 19.6 Å². The van der Waals surface area contributed by atoms with Crippen molar-refractivity contribution in [3.63, 3.8) is 0 Å². The Kier molecular flexibility index (Phi) is 5.56. The van der Waals surface area contributed by atoms with Crippen molar-refractivity contribution in [3.05, 3.63) is 41.6 Å². The molecule has 1 aromatic heterocycles. The molecule has 0 atom stereocenters. The molecule has 2 aliphatic rings. The molecule has 29 heavy (non-hydrogen) atoms. The first-order valence-electron chi connectivity index (χ1n) is 10.4. The van der Waals surface area contributed by atoms with Crippen molar-refractivity contribution in [3.8, 4) is 0 Å². The van der Waals surface area contributed by atoms with E-state index in [0.717, 1.165) is 69.8 Å². The van der Waals surface area contributed by atoms with Gasteiger partial charge in [0.25, 0.3) is 0 Å². The highest BCUT2D eigenvalue weighted by Gasteiger charge is 2.23. The molecule has 1 aromatic carbocycles. The smallest absolute Gasteiger partial charge is 0.227 e. The summed E-state index contributed by atoms with van der Waals surface area (Å²) >= 11 is 0. The maximum atomic E-state index is 11.6. The van der Waals surface area contributed by atoms with Crippen molar-refractivity contribution >= 4 is 23.4 Å². The second-order valence-corrected chi connectivity index (χ2v) is 7.97. The number of nitrogens with zero attached hydrogens (tertiary/aromatic N) is 6. The van der Waals surface area contributed by atoms with E-state index in [0.29, 0.717) is 0 Å². The molecule has 0 bridgehead atoms. The fourth-order valence-corrected chi connectivity index (χ4v) is 4.08. The number of benzene rings is 1. The monoisotopic (exact) mass is 394 g/mol. The average Bonchev–Trinajstić information content (AvgIpc) is 2.73. The second-order valence-electron chi connectivity index (χ2n) is 7.97. The highest BCUT2D eigenvalue weighted by atomic mass is 16.2. The number of aromatic nitrogens is 2. The molecule has 0 unspecified atom stereocenters. The molecule has 2 aliphatic heterocycles. The largest absolute Gasteiger partial charge is 0.368 e. The number of rotatable bonds is 3. The summed E-state index contributed by atoms with van der Waals surface area (Å²) in [6, 6.07) is 10.8. The van der Waals surface area contributed by atoms with Gasteiger partial charge in [0, 0.05) is 76.7 Å². The van der Waals surface area contributed by atoms with Crippen LogP contribution in [0.2, 0.25) is 0 Å². The van der Waals surface area contributed by atoms with Crippen molar-refractivity contribution in [1.82, 2.24) is 14.9 Å². The number of amides is 1. The van der Waals surface area contributed by atoms with Gasteiger partial charge in [-0.05, 0) is 31.5 Å². The summed E-state index contributed by atoms with van der Waals surface area (Å²) in [6.07, 6.45) is 0. The number of hydrogen-bond donors (Lipinski definition) is 0. The van der Waals surface area contributed by atoms with E-state index in [1.54, 1.807) is 6.92 Å². The summed E-state index contributed by atoms with van der Waals surface area (Å²) in [5.41, 5.74) is 3.58. The predicted molar refractivity (Wildman–Crippen MR) is 117 cm³/mol. The number of carbonyl (C=O) groups excluding carboxylic acids is 1. The van der Waals surface area contributed by atoms with Gasteiger partial charge in [0.05, 0.1) is 0 Å². The van der Waals surface area contributed by atoms with Crippen molar-refractivity contribution in [2.75, 3.05) is 67.1 Å². The maximum absolute atomic E-state index is 11.6. The normalized spacial score (nSPS) is 17.6. The Morgan fingerprint density at radius 2 is 1.48 bits per heavy atom. The van der Waals surface area contributed by atoms with Gasteiger partial charge in [-0.1, -0.05) is 12.1 Å².